The van der Waals surface area contributed by atoms with E-state index in [1.165, 1.54) is 18.2 Å². The molecule has 11 heteroatoms. The SMILES string of the molecule is N#Cc1ccc(-c2nc3cc(C#N)c4c5ccccc5nc(-c5cccc(-c6c(F)c(F)c(C#N)c(F)c6F)c5)c4c3nc2-c2ccc(C#N)cc2)cc1. The van der Waals surface area contributed by atoms with Crippen molar-refractivity contribution in [2.24, 2.45) is 0 Å². The molecule has 0 fully saturated rings. The normalized spacial score (nSPS) is 10.9. The molecule has 0 aliphatic carbocycles. The van der Waals surface area contributed by atoms with Crippen molar-refractivity contribution < 1.29 is 17.6 Å². The van der Waals surface area contributed by atoms with Gasteiger partial charge in [0.25, 0.3) is 0 Å². The highest BCUT2D eigenvalue weighted by Crippen LogP contribution is 2.42. The molecule has 0 bridgehead atoms. The predicted molar refractivity (Wildman–Crippen MR) is 193 cm³/mol. The maximum Gasteiger partial charge on any atom is 0.180 e. The van der Waals surface area contributed by atoms with Crippen molar-refractivity contribution in [3.8, 4) is 69.2 Å². The lowest BCUT2D eigenvalue weighted by molar-refractivity contribution is 0.454. The van der Waals surface area contributed by atoms with E-state index in [9.17, 15) is 24.6 Å². The van der Waals surface area contributed by atoms with Gasteiger partial charge in [0.2, 0.25) is 0 Å². The summed E-state index contributed by atoms with van der Waals surface area (Å²) in [6, 6.07) is 35.4. The number of nitrogens with zero attached hydrogens (tertiary/aromatic N) is 7. The van der Waals surface area contributed by atoms with Crippen molar-refractivity contribution >= 4 is 32.7 Å². The van der Waals surface area contributed by atoms with Crippen LogP contribution in [0.15, 0.2) is 103 Å². The minimum Gasteiger partial charge on any atom is -0.247 e. The standard InChI is InChI=1S/C43H17F4N7/c44-36-30(21-51)37(45)39(47)34(38(36)46)26-4-3-5-27(16-26)40-35-33(29-6-1-2-7-31(29)52-40)28(20-50)17-32-43(35)54-42(25-14-10-23(19-49)11-15-25)41(53-32)24-12-8-22(18-48)9-13-24/h1-17H. The Bertz CT molecular complexity index is 3050. The third-order valence-corrected chi connectivity index (χ3v) is 9.10. The number of halogens is 4. The second-order valence-corrected chi connectivity index (χ2v) is 12.1. The average molecular weight is 708 g/mol. The fourth-order valence-corrected chi connectivity index (χ4v) is 6.57. The highest BCUT2D eigenvalue weighted by molar-refractivity contribution is 6.22. The molecule has 54 heavy (non-hydrogen) atoms. The Morgan fingerprint density at radius 1 is 0.444 bits per heavy atom. The Kier molecular flexibility index (Phi) is 7.96. The van der Waals surface area contributed by atoms with Gasteiger partial charge in [-0.15, -0.1) is 0 Å². The second kappa shape index (κ2) is 13.0. The number of pyridine rings is 1. The number of aromatic nitrogens is 3. The lowest BCUT2D eigenvalue weighted by Crippen LogP contribution is -2.04. The van der Waals surface area contributed by atoms with Crippen LogP contribution in [0.25, 0.3) is 77.6 Å². The van der Waals surface area contributed by atoms with Gasteiger partial charge in [0.15, 0.2) is 23.3 Å². The Hall–Kier alpha value is -7.99. The monoisotopic (exact) mass is 707 g/mol. The molecule has 8 rings (SSSR count). The van der Waals surface area contributed by atoms with Crippen LogP contribution < -0.4 is 0 Å². The van der Waals surface area contributed by atoms with Gasteiger partial charge in [-0.2, -0.15) is 21.0 Å². The van der Waals surface area contributed by atoms with Crippen LogP contribution in [-0.2, 0) is 0 Å². The van der Waals surface area contributed by atoms with Crippen molar-refractivity contribution in [3.05, 3.63) is 149 Å². The van der Waals surface area contributed by atoms with Crippen molar-refractivity contribution in [1.82, 2.24) is 15.0 Å². The molecule has 0 aliphatic heterocycles. The first kappa shape index (κ1) is 33.2. The topological polar surface area (TPSA) is 134 Å². The summed E-state index contributed by atoms with van der Waals surface area (Å²) in [7, 11) is 0. The molecular formula is C43H17F4N7. The molecule has 2 aromatic heterocycles. The summed E-state index contributed by atoms with van der Waals surface area (Å²) in [5.74, 6) is -7.10. The maximum absolute atomic E-state index is 15.3. The number of para-hydroxylation sites is 1. The summed E-state index contributed by atoms with van der Waals surface area (Å²) < 4.78 is 60.2. The van der Waals surface area contributed by atoms with E-state index in [1.54, 1.807) is 84.9 Å². The number of fused-ring (bicyclic) bond motifs is 5. The summed E-state index contributed by atoms with van der Waals surface area (Å²) in [6.07, 6.45) is 0. The zero-order valence-electron chi connectivity index (χ0n) is 27.5. The average Bonchev–Trinajstić information content (AvgIpc) is 3.22. The molecule has 0 unspecified atom stereocenters. The van der Waals surface area contributed by atoms with Crippen molar-refractivity contribution in [2.75, 3.05) is 0 Å². The van der Waals surface area contributed by atoms with Gasteiger partial charge in [-0.1, -0.05) is 60.7 Å². The fraction of sp³-hybridized carbons (Fsp3) is 0. The highest BCUT2D eigenvalue weighted by Gasteiger charge is 2.27. The quantitative estimate of drug-likeness (QED) is 0.101. The van der Waals surface area contributed by atoms with Crippen molar-refractivity contribution in [3.63, 3.8) is 0 Å². The number of nitriles is 4. The molecule has 0 aliphatic rings. The third kappa shape index (κ3) is 5.21. The van der Waals surface area contributed by atoms with Gasteiger partial charge in [-0.25, -0.2) is 32.5 Å². The zero-order chi connectivity index (χ0) is 37.7. The van der Waals surface area contributed by atoms with E-state index in [4.69, 9.17) is 20.2 Å². The van der Waals surface area contributed by atoms with Crippen LogP contribution >= 0.6 is 0 Å². The largest absolute Gasteiger partial charge is 0.247 e. The molecule has 0 spiro atoms. The van der Waals surface area contributed by atoms with Crippen LogP contribution in [0.1, 0.15) is 22.3 Å². The molecule has 0 saturated carbocycles. The van der Waals surface area contributed by atoms with Gasteiger partial charge < -0.3 is 0 Å². The van der Waals surface area contributed by atoms with Gasteiger partial charge in [0, 0.05) is 32.8 Å². The van der Waals surface area contributed by atoms with Crippen LogP contribution in [0.4, 0.5) is 17.6 Å². The lowest BCUT2D eigenvalue weighted by atomic mass is 9.93. The number of hydrogen-bond donors (Lipinski definition) is 0. The first-order chi connectivity index (χ1) is 26.3. The van der Waals surface area contributed by atoms with E-state index >= 15 is 8.78 Å². The van der Waals surface area contributed by atoms with Gasteiger partial charge in [0.05, 0.1) is 74.1 Å². The Balaban J connectivity index is 1.50. The summed E-state index contributed by atoms with van der Waals surface area (Å²) >= 11 is 0. The summed E-state index contributed by atoms with van der Waals surface area (Å²) in [4.78, 5) is 15.1. The molecule has 2 heterocycles. The number of benzene rings is 6. The molecule has 0 radical (unpaired) electrons. The highest BCUT2D eigenvalue weighted by atomic mass is 19.2. The van der Waals surface area contributed by atoms with Crippen LogP contribution in [-0.4, -0.2) is 15.0 Å². The first-order valence-corrected chi connectivity index (χ1v) is 16.1. The van der Waals surface area contributed by atoms with E-state index in [-0.39, 0.29) is 22.4 Å². The van der Waals surface area contributed by atoms with Gasteiger partial charge in [-0.05, 0) is 48.0 Å². The van der Waals surface area contributed by atoms with Crippen LogP contribution in [0.3, 0.4) is 0 Å². The first-order valence-electron chi connectivity index (χ1n) is 16.1. The van der Waals surface area contributed by atoms with Gasteiger partial charge >= 0.3 is 0 Å². The molecule has 0 N–H and O–H groups in total. The Morgan fingerprint density at radius 3 is 1.61 bits per heavy atom. The molecule has 0 amide bonds. The Morgan fingerprint density at radius 2 is 1.02 bits per heavy atom. The lowest BCUT2D eigenvalue weighted by Gasteiger charge is -2.17. The molecule has 7 nitrogen and oxygen atoms in total. The number of hydrogen-bond acceptors (Lipinski definition) is 7. The van der Waals surface area contributed by atoms with E-state index < -0.39 is 34.4 Å². The van der Waals surface area contributed by atoms with E-state index in [2.05, 4.69) is 18.2 Å². The van der Waals surface area contributed by atoms with Crippen LogP contribution in [0, 0.1) is 68.6 Å². The molecule has 6 aromatic carbocycles. The summed E-state index contributed by atoms with van der Waals surface area (Å²) in [5, 5.41) is 40.0. The molecule has 0 atom stereocenters. The molecular weight excluding hydrogens is 691 g/mol. The number of rotatable bonds is 4. The predicted octanol–water partition coefficient (Wildman–Crippen LogP) is 10.0. The van der Waals surface area contributed by atoms with E-state index in [1.807, 2.05) is 0 Å². The third-order valence-electron chi connectivity index (χ3n) is 9.10. The fourth-order valence-electron chi connectivity index (χ4n) is 6.57. The second-order valence-electron chi connectivity index (χ2n) is 12.1. The van der Waals surface area contributed by atoms with Crippen molar-refractivity contribution in [1.29, 1.82) is 21.0 Å². The minimum atomic E-state index is -1.82. The summed E-state index contributed by atoms with van der Waals surface area (Å²) in [6.45, 7) is 0. The van der Waals surface area contributed by atoms with E-state index in [0.29, 0.717) is 66.4 Å². The van der Waals surface area contributed by atoms with Crippen molar-refractivity contribution in [2.45, 2.75) is 0 Å². The minimum absolute atomic E-state index is 0.230. The van der Waals surface area contributed by atoms with Crippen LogP contribution in [0.5, 0.6) is 0 Å². The zero-order valence-corrected chi connectivity index (χ0v) is 27.5. The van der Waals surface area contributed by atoms with Gasteiger partial charge in [0.1, 0.15) is 11.6 Å². The molecule has 8 aromatic rings. The maximum atomic E-state index is 15.3. The Labute approximate surface area is 303 Å². The van der Waals surface area contributed by atoms with Crippen LogP contribution in [0.2, 0.25) is 0 Å². The summed E-state index contributed by atoms with van der Waals surface area (Å²) in [5.41, 5.74) is 2.11. The molecule has 0 saturated heterocycles. The smallest absolute Gasteiger partial charge is 0.180 e. The molecule has 252 valence electrons. The van der Waals surface area contributed by atoms with E-state index in [0.717, 1.165) is 6.07 Å². The van der Waals surface area contributed by atoms with Gasteiger partial charge in [-0.3, -0.25) is 0 Å².